The third kappa shape index (κ3) is 4.55. The summed E-state index contributed by atoms with van der Waals surface area (Å²) in [5, 5.41) is 0. The van der Waals surface area contributed by atoms with Crippen LogP contribution in [-0.2, 0) is 9.53 Å². The summed E-state index contributed by atoms with van der Waals surface area (Å²) in [4.78, 5) is 16.0. The molecule has 5 nitrogen and oxygen atoms in total. The highest BCUT2D eigenvalue weighted by atomic mass is 35.5. The number of halogens is 2. The molecule has 0 aromatic rings. The van der Waals surface area contributed by atoms with Crippen molar-refractivity contribution >= 4 is 30.7 Å². The van der Waals surface area contributed by atoms with Crippen LogP contribution in [-0.4, -0.2) is 67.7 Å². The van der Waals surface area contributed by atoms with Gasteiger partial charge in [-0.3, -0.25) is 9.69 Å². The zero-order valence-corrected chi connectivity index (χ0v) is 12.2. The van der Waals surface area contributed by atoms with Gasteiger partial charge < -0.3 is 15.4 Å². The van der Waals surface area contributed by atoms with E-state index in [-0.39, 0.29) is 37.3 Å². The summed E-state index contributed by atoms with van der Waals surface area (Å²) in [5.41, 5.74) is 5.42. The second-order valence-electron chi connectivity index (χ2n) is 4.50. The lowest BCUT2D eigenvalue weighted by Crippen LogP contribution is -2.48. The van der Waals surface area contributed by atoms with E-state index in [1.807, 2.05) is 4.90 Å². The Bertz CT molecular complexity index is 250. The molecular formula is C11H23Cl2N3O2. The summed E-state index contributed by atoms with van der Waals surface area (Å²) >= 11 is 0. The second-order valence-corrected chi connectivity index (χ2v) is 4.50. The number of morpholine rings is 1. The van der Waals surface area contributed by atoms with Crippen molar-refractivity contribution in [2.45, 2.75) is 18.9 Å². The molecule has 0 aromatic heterocycles. The highest BCUT2D eigenvalue weighted by molar-refractivity contribution is 5.85. The number of amides is 1. The summed E-state index contributed by atoms with van der Waals surface area (Å²) in [6.45, 7) is 5.61. The number of likely N-dealkylation sites (tertiary alicyclic amines) is 1. The summed E-state index contributed by atoms with van der Waals surface area (Å²) in [7, 11) is 0. The average Bonchev–Trinajstić information content (AvgIpc) is 2.77. The standard InChI is InChI=1S/C11H21N3O2.2ClH/c12-8-11(15)14-3-1-2-10(14)9-13-4-6-16-7-5-13;;/h10H,1-9,12H2;2*1H. The van der Waals surface area contributed by atoms with Gasteiger partial charge in [0.15, 0.2) is 0 Å². The minimum absolute atomic E-state index is 0. The number of rotatable bonds is 3. The molecule has 2 rings (SSSR count). The van der Waals surface area contributed by atoms with Crippen LogP contribution in [0.25, 0.3) is 0 Å². The van der Waals surface area contributed by atoms with Crippen molar-refractivity contribution in [3.05, 3.63) is 0 Å². The zero-order chi connectivity index (χ0) is 11.4. The van der Waals surface area contributed by atoms with Crippen LogP contribution in [0.3, 0.4) is 0 Å². The Labute approximate surface area is 121 Å². The number of carbonyl (C=O) groups is 1. The van der Waals surface area contributed by atoms with Gasteiger partial charge in [0.1, 0.15) is 0 Å². The molecule has 2 heterocycles. The van der Waals surface area contributed by atoms with Gasteiger partial charge >= 0.3 is 0 Å². The Morgan fingerprint density at radius 2 is 1.89 bits per heavy atom. The van der Waals surface area contributed by atoms with Gasteiger partial charge in [0.05, 0.1) is 19.8 Å². The molecule has 2 aliphatic heterocycles. The van der Waals surface area contributed by atoms with E-state index < -0.39 is 0 Å². The first-order valence-electron chi connectivity index (χ1n) is 6.11. The van der Waals surface area contributed by atoms with Crippen LogP contribution in [0.15, 0.2) is 0 Å². The molecule has 0 bridgehead atoms. The van der Waals surface area contributed by atoms with Gasteiger partial charge in [-0.25, -0.2) is 0 Å². The Balaban J connectivity index is 0.00000144. The maximum Gasteiger partial charge on any atom is 0.236 e. The SMILES string of the molecule is Cl.Cl.NCC(=O)N1CCCC1CN1CCOCC1. The van der Waals surface area contributed by atoms with E-state index in [1.54, 1.807) is 0 Å². The van der Waals surface area contributed by atoms with Crippen molar-refractivity contribution in [3.63, 3.8) is 0 Å². The summed E-state index contributed by atoms with van der Waals surface area (Å²) in [6.07, 6.45) is 2.23. The molecule has 1 atom stereocenters. The number of hydrogen-bond acceptors (Lipinski definition) is 4. The molecule has 2 saturated heterocycles. The fourth-order valence-electron chi connectivity index (χ4n) is 2.55. The maximum absolute atomic E-state index is 11.6. The number of carbonyl (C=O) groups excluding carboxylic acids is 1. The Hall–Kier alpha value is -0.0700. The van der Waals surface area contributed by atoms with Crippen molar-refractivity contribution < 1.29 is 9.53 Å². The van der Waals surface area contributed by atoms with E-state index in [0.717, 1.165) is 52.2 Å². The van der Waals surface area contributed by atoms with Crippen molar-refractivity contribution in [2.24, 2.45) is 5.73 Å². The minimum Gasteiger partial charge on any atom is -0.379 e. The van der Waals surface area contributed by atoms with Gasteiger partial charge in [0.25, 0.3) is 0 Å². The van der Waals surface area contributed by atoms with Gasteiger partial charge in [0, 0.05) is 32.2 Å². The topological polar surface area (TPSA) is 58.8 Å². The zero-order valence-electron chi connectivity index (χ0n) is 10.5. The molecular weight excluding hydrogens is 277 g/mol. The van der Waals surface area contributed by atoms with E-state index in [2.05, 4.69) is 4.90 Å². The molecule has 2 N–H and O–H groups in total. The lowest BCUT2D eigenvalue weighted by molar-refractivity contribution is -0.130. The molecule has 2 fully saturated rings. The van der Waals surface area contributed by atoms with Crippen LogP contribution in [0.4, 0.5) is 0 Å². The van der Waals surface area contributed by atoms with E-state index in [1.165, 1.54) is 0 Å². The third-order valence-electron chi connectivity index (χ3n) is 3.44. The summed E-state index contributed by atoms with van der Waals surface area (Å²) < 4.78 is 5.32. The lowest BCUT2D eigenvalue weighted by Gasteiger charge is -2.32. The van der Waals surface area contributed by atoms with Crippen LogP contribution >= 0.6 is 24.8 Å². The number of nitrogens with zero attached hydrogens (tertiary/aromatic N) is 2. The molecule has 0 radical (unpaired) electrons. The second kappa shape index (κ2) is 8.93. The number of ether oxygens (including phenoxy) is 1. The highest BCUT2D eigenvalue weighted by Gasteiger charge is 2.29. The quantitative estimate of drug-likeness (QED) is 0.804. The Kier molecular flexibility index (Phi) is 8.90. The van der Waals surface area contributed by atoms with Crippen LogP contribution in [0.2, 0.25) is 0 Å². The largest absolute Gasteiger partial charge is 0.379 e. The van der Waals surface area contributed by atoms with Crippen LogP contribution in [0, 0.1) is 0 Å². The van der Waals surface area contributed by atoms with Gasteiger partial charge in [-0.1, -0.05) is 0 Å². The fourth-order valence-corrected chi connectivity index (χ4v) is 2.55. The predicted octanol–water partition coefficient (Wildman–Crippen LogP) is 0.112. The van der Waals surface area contributed by atoms with Gasteiger partial charge in [0.2, 0.25) is 5.91 Å². The average molecular weight is 300 g/mol. The minimum atomic E-state index is 0. The van der Waals surface area contributed by atoms with Crippen molar-refractivity contribution in [1.29, 1.82) is 0 Å². The third-order valence-corrected chi connectivity index (χ3v) is 3.44. The first-order chi connectivity index (χ1) is 7.81. The lowest BCUT2D eigenvalue weighted by atomic mass is 10.2. The van der Waals surface area contributed by atoms with Crippen molar-refractivity contribution in [3.8, 4) is 0 Å². The van der Waals surface area contributed by atoms with Crippen LogP contribution in [0.1, 0.15) is 12.8 Å². The first kappa shape index (κ1) is 17.9. The molecule has 7 heteroatoms. The number of hydrogen-bond donors (Lipinski definition) is 1. The van der Waals surface area contributed by atoms with Crippen LogP contribution in [0.5, 0.6) is 0 Å². The van der Waals surface area contributed by atoms with Gasteiger partial charge in [-0.2, -0.15) is 0 Å². The van der Waals surface area contributed by atoms with E-state index in [0.29, 0.717) is 6.04 Å². The Morgan fingerprint density at radius 3 is 2.50 bits per heavy atom. The molecule has 0 spiro atoms. The molecule has 0 aliphatic carbocycles. The fraction of sp³-hybridized carbons (Fsp3) is 0.909. The summed E-state index contributed by atoms with van der Waals surface area (Å²) in [5.74, 6) is 0.0933. The first-order valence-corrected chi connectivity index (χ1v) is 6.11. The monoisotopic (exact) mass is 299 g/mol. The maximum atomic E-state index is 11.6. The summed E-state index contributed by atoms with van der Waals surface area (Å²) in [6, 6.07) is 0.370. The molecule has 0 aromatic carbocycles. The normalized spacial score (nSPS) is 24.3. The van der Waals surface area contributed by atoms with Gasteiger partial charge in [-0.05, 0) is 12.8 Å². The van der Waals surface area contributed by atoms with E-state index in [4.69, 9.17) is 10.5 Å². The van der Waals surface area contributed by atoms with Crippen LogP contribution < -0.4 is 5.73 Å². The van der Waals surface area contributed by atoms with Gasteiger partial charge in [-0.15, -0.1) is 24.8 Å². The van der Waals surface area contributed by atoms with E-state index >= 15 is 0 Å². The highest BCUT2D eigenvalue weighted by Crippen LogP contribution is 2.18. The van der Waals surface area contributed by atoms with Crippen molar-refractivity contribution in [1.82, 2.24) is 9.80 Å². The number of nitrogens with two attached hydrogens (primary N) is 1. The molecule has 18 heavy (non-hydrogen) atoms. The molecule has 2 aliphatic rings. The molecule has 0 saturated carbocycles. The molecule has 1 amide bonds. The molecule has 108 valence electrons. The van der Waals surface area contributed by atoms with E-state index in [9.17, 15) is 4.79 Å². The molecule has 1 unspecified atom stereocenters. The smallest absolute Gasteiger partial charge is 0.236 e. The van der Waals surface area contributed by atoms with Crippen molar-refractivity contribution in [2.75, 3.05) is 45.9 Å². The Morgan fingerprint density at radius 1 is 1.22 bits per heavy atom. The predicted molar refractivity (Wildman–Crippen MR) is 75.5 cm³/mol.